The van der Waals surface area contributed by atoms with Crippen molar-refractivity contribution in [3.8, 4) is 17.6 Å². The molecule has 0 unspecified atom stereocenters. The predicted molar refractivity (Wildman–Crippen MR) is 132 cm³/mol. The molecule has 0 saturated heterocycles. The van der Waals surface area contributed by atoms with E-state index in [-0.39, 0.29) is 24.1 Å². The van der Waals surface area contributed by atoms with Crippen LogP contribution in [0.2, 0.25) is 10.0 Å². The highest BCUT2D eigenvalue weighted by atomic mass is 35.5. The molecular weight excluding hydrogens is 459 g/mol. The van der Waals surface area contributed by atoms with Gasteiger partial charge in [0.1, 0.15) is 18.2 Å². The summed E-state index contributed by atoms with van der Waals surface area (Å²) in [5, 5.41) is 13.6. The van der Waals surface area contributed by atoms with Crippen LogP contribution in [0.4, 0.5) is 0 Å². The van der Waals surface area contributed by atoms with E-state index in [1.54, 1.807) is 24.3 Å². The number of halogens is 2. The molecule has 7 heteroatoms. The lowest BCUT2D eigenvalue weighted by atomic mass is 9.86. The Hall–Kier alpha value is -2.68. The Morgan fingerprint density at radius 1 is 1.18 bits per heavy atom. The molecular formula is C26H28Cl2N2O3. The summed E-state index contributed by atoms with van der Waals surface area (Å²) in [4.78, 5) is 12.7. The first-order chi connectivity index (χ1) is 15.9. The van der Waals surface area contributed by atoms with Crippen molar-refractivity contribution in [3.05, 3.63) is 63.1 Å². The van der Waals surface area contributed by atoms with Gasteiger partial charge in [0, 0.05) is 11.1 Å². The van der Waals surface area contributed by atoms with Crippen molar-refractivity contribution in [2.45, 2.75) is 52.2 Å². The molecule has 1 aliphatic rings. The van der Waals surface area contributed by atoms with Gasteiger partial charge >= 0.3 is 0 Å². The van der Waals surface area contributed by atoms with Crippen LogP contribution in [-0.4, -0.2) is 18.6 Å². The highest BCUT2D eigenvalue weighted by Crippen LogP contribution is 2.38. The standard InChI is InChI=1S/C26H28Cl2N2O3/c1-3-32-24-14-19(12-20(15-29)26(31)30-23-7-5-4-6-17(23)2)13-22(28)25(24)33-16-18-8-10-21(27)11-9-18/h8-14,17,23H,3-7,16H2,1-2H3,(H,30,31)/b20-12+/t17-,23+/m0/s1. The lowest BCUT2D eigenvalue weighted by Gasteiger charge is -2.29. The first kappa shape index (κ1) is 25.0. The maximum Gasteiger partial charge on any atom is 0.262 e. The van der Waals surface area contributed by atoms with Crippen LogP contribution in [0.5, 0.6) is 11.5 Å². The molecule has 0 heterocycles. The molecule has 1 amide bonds. The van der Waals surface area contributed by atoms with Crippen LogP contribution in [0.3, 0.4) is 0 Å². The summed E-state index contributed by atoms with van der Waals surface area (Å²) in [7, 11) is 0. The SMILES string of the molecule is CCOc1cc(/C=C(\C#N)C(=O)N[C@@H]2CCCC[C@@H]2C)cc(Cl)c1OCc1ccc(Cl)cc1. The molecule has 0 spiro atoms. The number of nitriles is 1. The fourth-order valence-electron chi connectivity index (χ4n) is 3.90. The molecule has 1 N–H and O–H groups in total. The Bertz CT molecular complexity index is 1040. The maximum absolute atomic E-state index is 12.7. The molecule has 174 valence electrons. The van der Waals surface area contributed by atoms with Gasteiger partial charge in [-0.15, -0.1) is 0 Å². The van der Waals surface area contributed by atoms with Gasteiger partial charge in [0.25, 0.3) is 5.91 Å². The van der Waals surface area contributed by atoms with Crippen LogP contribution in [0, 0.1) is 17.2 Å². The molecule has 1 saturated carbocycles. The number of rotatable bonds is 8. The second-order valence-electron chi connectivity index (χ2n) is 8.19. The van der Waals surface area contributed by atoms with Gasteiger partial charge in [0.2, 0.25) is 0 Å². The van der Waals surface area contributed by atoms with Crippen LogP contribution in [0.1, 0.15) is 50.7 Å². The van der Waals surface area contributed by atoms with Crippen molar-refractivity contribution in [1.29, 1.82) is 5.26 Å². The summed E-state index contributed by atoms with van der Waals surface area (Å²) in [5.41, 5.74) is 1.55. The number of ether oxygens (including phenoxy) is 2. The van der Waals surface area contributed by atoms with E-state index in [9.17, 15) is 10.1 Å². The van der Waals surface area contributed by atoms with Gasteiger partial charge in [0.15, 0.2) is 11.5 Å². The zero-order chi connectivity index (χ0) is 23.8. The molecule has 0 aromatic heterocycles. The fraction of sp³-hybridized carbons (Fsp3) is 0.385. The Balaban J connectivity index is 1.79. The van der Waals surface area contributed by atoms with Gasteiger partial charge in [-0.05, 0) is 67.2 Å². The normalized spacial score (nSPS) is 18.3. The molecule has 3 rings (SSSR count). The number of nitrogens with zero attached hydrogens (tertiary/aromatic N) is 1. The number of hydrogen-bond acceptors (Lipinski definition) is 4. The third kappa shape index (κ3) is 6.90. The van der Waals surface area contributed by atoms with E-state index in [1.165, 1.54) is 12.5 Å². The molecule has 1 aliphatic carbocycles. The quantitative estimate of drug-likeness (QED) is 0.338. The minimum atomic E-state index is -0.367. The number of carbonyl (C=O) groups is 1. The highest BCUT2D eigenvalue weighted by molar-refractivity contribution is 6.32. The zero-order valence-electron chi connectivity index (χ0n) is 18.9. The average Bonchev–Trinajstić information content (AvgIpc) is 2.79. The van der Waals surface area contributed by atoms with Crippen LogP contribution < -0.4 is 14.8 Å². The molecule has 0 aliphatic heterocycles. The maximum atomic E-state index is 12.7. The van der Waals surface area contributed by atoms with Gasteiger partial charge in [0.05, 0.1) is 11.6 Å². The first-order valence-electron chi connectivity index (χ1n) is 11.2. The van der Waals surface area contributed by atoms with Gasteiger partial charge in [-0.25, -0.2) is 0 Å². The van der Waals surface area contributed by atoms with Gasteiger partial charge in [-0.1, -0.05) is 55.1 Å². The van der Waals surface area contributed by atoms with E-state index in [1.807, 2.05) is 25.1 Å². The number of amides is 1. The second kappa shape index (κ2) is 12.0. The Morgan fingerprint density at radius 2 is 1.91 bits per heavy atom. The van der Waals surface area contributed by atoms with E-state index in [0.717, 1.165) is 24.8 Å². The molecule has 1 fully saturated rings. The lowest BCUT2D eigenvalue weighted by Crippen LogP contribution is -2.41. The van der Waals surface area contributed by atoms with Crippen LogP contribution >= 0.6 is 23.2 Å². The summed E-state index contributed by atoms with van der Waals surface area (Å²) in [6, 6.07) is 12.8. The number of nitrogens with one attached hydrogen (secondary N) is 1. The van der Waals surface area contributed by atoms with Gasteiger partial charge in [-0.2, -0.15) is 5.26 Å². The van der Waals surface area contributed by atoms with Crippen molar-refractivity contribution in [2.75, 3.05) is 6.61 Å². The first-order valence-corrected chi connectivity index (χ1v) is 11.9. The molecule has 0 radical (unpaired) electrons. The van der Waals surface area contributed by atoms with Gasteiger partial charge < -0.3 is 14.8 Å². The largest absolute Gasteiger partial charge is 0.490 e. The monoisotopic (exact) mass is 486 g/mol. The van der Waals surface area contributed by atoms with E-state index >= 15 is 0 Å². The van der Waals surface area contributed by atoms with Crippen molar-refractivity contribution in [3.63, 3.8) is 0 Å². The summed E-state index contributed by atoms with van der Waals surface area (Å²) < 4.78 is 11.7. The highest BCUT2D eigenvalue weighted by Gasteiger charge is 2.24. The van der Waals surface area contributed by atoms with Crippen LogP contribution in [-0.2, 0) is 11.4 Å². The van der Waals surface area contributed by atoms with E-state index < -0.39 is 0 Å². The zero-order valence-corrected chi connectivity index (χ0v) is 20.4. The van der Waals surface area contributed by atoms with E-state index in [2.05, 4.69) is 12.2 Å². The Kier molecular flexibility index (Phi) is 9.05. The Labute approximate surface area is 205 Å². The van der Waals surface area contributed by atoms with Gasteiger partial charge in [-0.3, -0.25) is 4.79 Å². The van der Waals surface area contributed by atoms with Crippen LogP contribution in [0.15, 0.2) is 42.0 Å². The molecule has 5 nitrogen and oxygen atoms in total. The van der Waals surface area contributed by atoms with Crippen molar-refractivity contribution >= 4 is 35.2 Å². The van der Waals surface area contributed by atoms with Crippen molar-refractivity contribution < 1.29 is 14.3 Å². The smallest absolute Gasteiger partial charge is 0.262 e. The summed E-state index contributed by atoms with van der Waals surface area (Å²) in [6.07, 6.45) is 5.82. The molecule has 2 aromatic rings. The molecule has 33 heavy (non-hydrogen) atoms. The van der Waals surface area contributed by atoms with E-state index in [4.69, 9.17) is 32.7 Å². The summed E-state index contributed by atoms with van der Waals surface area (Å²) in [6.45, 7) is 4.69. The fourth-order valence-corrected chi connectivity index (χ4v) is 4.30. The molecule has 0 bridgehead atoms. The third-order valence-electron chi connectivity index (χ3n) is 5.73. The Morgan fingerprint density at radius 3 is 2.58 bits per heavy atom. The predicted octanol–water partition coefficient (Wildman–Crippen LogP) is 6.57. The van der Waals surface area contributed by atoms with Crippen molar-refractivity contribution in [1.82, 2.24) is 5.32 Å². The number of carbonyl (C=O) groups excluding carboxylic acids is 1. The number of benzene rings is 2. The third-order valence-corrected chi connectivity index (χ3v) is 6.26. The average molecular weight is 487 g/mol. The number of hydrogen-bond donors (Lipinski definition) is 1. The lowest BCUT2D eigenvalue weighted by molar-refractivity contribution is -0.118. The minimum absolute atomic E-state index is 0.0288. The second-order valence-corrected chi connectivity index (χ2v) is 9.03. The van der Waals surface area contributed by atoms with Crippen LogP contribution in [0.25, 0.3) is 6.08 Å². The minimum Gasteiger partial charge on any atom is -0.490 e. The molecule has 2 aromatic carbocycles. The van der Waals surface area contributed by atoms with E-state index in [0.29, 0.717) is 39.6 Å². The summed E-state index contributed by atoms with van der Waals surface area (Å²) >= 11 is 12.4. The molecule has 2 atom stereocenters. The summed E-state index contributed by atoms with van der Waals surface area (Å²) in [5.74, 6) is 0.889. The van der Waals surface area contributed by atoms with Crippen molar-refractivity contribution in [2.24, 2.45) is 5.92 Å². The topological polar surface area (TPSA) is 71.3 Å².